The molecule has 2 rings (SSSR count). The van der Waals surface area contributed by atoms with Gasteiger partial charge in [-0.15, -0.1) is 0 Å². The quantitative estimate of drug-likeness (QED) is 0.828. The van der Waals surface area contributed by atoms with Gasteiger partial charge in [-0.1, -0.05) is 37.6 Å². The molecule has 0 fully saturated rings. The van der Waals surface area contributed by atoms with Crippen molar-refractivity contribution in [3.63, 3.8) is 0 Å². The molecule has 94 valence electrons. The number of anilines is 1. The highest BCUT2D eigenvalue weighted by atomic mass is 79.9. The van der Waals surface area contributed by atoms with Crippen LogP contribution < -0.4 is 5.32 Å². The third-order valence-electron chi connectivity index (χ3n) is 2.77. The van der Waals surface area contributed by atoms with Crippen LogP contribution in [0.2, 0.25) is 0 Å². The molecule has 0 amide bonds. The van der Waals surface area contributed by atoms with E-state index >= 15 is 0 Å². The summed E-state index contributed by atoms with van der Waals surface area (Å²) in [7, 11) is 0. The molecule has 0 spiro atoms. The van der Waals surface area contributed by atoms with E-state index in [4.69, 9.17) is 0 Å². The van der Waals surface area contributed by atoms with Crippen LogP contribution >= 0.6 is 15.9 Å². The molecule has 3 heteroatoms. The van der Waals surface area contributed by atoms with Crippen molar-refractivity contribution in [3.8, 4) is 0 Å². The summed E-state index contributed by atoms with van der Waals surface area (Å²) in [6.07, 6.45) is 2.27. The minimum absolute atomic E-state index is 0.750. The Kier molecular flexibility index (Phi) is 4.76. The van der Waals surface area contributed by atoms with Crippen LogP contribution in [0, 0.1) is 0 Å². The van der Waals surface area contributed by atoms with Crippen LogP contribution in [-0.4, -0.2) is 4.98 Å². The van der Waals surface area contributed by atoms with E-state index in [1.165, 1.54) is 11.3 Å². The highest BCUT2D eigenvalue weighted by molar-refractivity contribution is 9.10. The molecule has 2 nitrogen and oxygen atoms in total. The molecular weight excluding hydrogens is 288 g/mol. The number of hydrogen-bond donors (Lipinski definition) is 1. The van der Waals surface area contributed by atoms with Crippen LogP contribution in [0.1, 0.15) is 24.6 Å². The lowest BCUT2D eigenvalue weighted by Crippen LogP contribution is -2.04. The lowest BCUT2D eigenvalue weighted by atomic mass is 10.1. The minimum atomic E-state index is 0.750. The summed E-state index contributed by atoms with van der Waals surface area (Å²) in [4.78, 5) is 4.42. The van der Waals surface area contributed by atoms with E-state index in [-0.39, 0.29) is 0 Å². The molecule has 0 bridgehead atoms. The maximum atomic E-state index is 4.42. The summed E-state index contributed by atoms with van der Waals surface area (Å²) in [5, 5.41) is 3.46. The Balaban J connectivity index is 2.06. The monoisotopic (exact) mass is 304 g/mol. The Morgan fingerprint density at radius 3 is 2.72 bits per heavy atom. The van der Waals surface area contributed by atoms with Gasteiger partial charge in [-0.25, -0.2) is 4.98 Å². The average Bonchev–Trinajstić information content (AvgIpc) is 2.38. The Morgan fingerprint density at radius 1 is 1.11 bits per heavy atom. The van der Waals surface area contributed by atoms with Gasteiger partial charge in [0.05, 0.1) is 12.2 Å². The summed E-state index contributed by atoms with van der Waals surface area (Å²) in [6, 6.07) is 14.4. The molecule has 0 aliphatic carbocycles. The summed E-state index contributed by atoms with van der Waals surface area (Å²) in [5.74, 6) is 0. The predicted octanol–water partition coefficient (Wildman–Crippen LogP) is 4.41. The van der Waals surface area contributed by atoms with E-state index < -0.39 is 0 Å². The van der Waals surface area contributed by atoms with Crippen LogP contribution in [-0.2, 0) is 13.0 Å². The first-order chi connectivity index (χ1) is 8.79. The molecule has 1 aromatic carbocycles. The van der Waals surface area contributed by atoms with Gasteiger partial charge in [0, 0.05) is 5.69 Å². The van der Waals surface area contributed by atoms with E-state index in [0.717, 1.165) is 29.7 Å². The topological polar surface area (TPSA) is 24.9 Å². The Bertz CT molecular complexity index is 511. The Morgan fingerprint density at radius 2 is 1.94 bits per heavy atom. The molecule has 0 radical (unpaired) electrons. The first-order valence-corrected chi connectivity index (χ1v) is 7.02. The van der Waals surface area contributed by atoms with Gasteiger partial charge in [-0.05, 0) is 46.1 Å². The van der Waals surface area contributed by atoms with Crippen LogP contribution in [0.25, 0.3) is 0 Å². The molecule has 0 atom stereocenters. The van der Waals surface area contributed by atoms with Gasteiger partial charge in [-0.3, -0.25) is 0 Å². The fourth-order valence-corrected chi connectivity index (χ4v) is 2.30. The van der Waals surface area contributed by atoms with E-state index in [2.05, 4.69) is 57.4 Å². The molecular formula is C15H17BrN2. The van der Waals surface area contributed by atoms with Crippen LogP contribution in [0.4, 0.5) is 5.69 Å². The van der Waals surface area contributed by atoms with Gasteiger partial charge in [-0.2, -0.15) is 0 Å². The standard InChI is InChI=1S/C15H17BrN2/c1-2-6-12-7-3-4-9-14(12)17-11-13-8-5-10-15(16)18-13/h3-5,7-10,17H,2,6,11H2,1H3. The smallest absolute Gasteiger partial charge is 0.106 e. The van der Waals surface area contributed by atoms with Gasteiger partial charge in [0.2, 0.25) is 0 Å². The van der Waals surface area contributed by atoms with Gasteiger partial charge < -0.3 is 5.32 Å². The van der Waals surface area contributed by atoms with Crippen molar-refractivity contribution < 1.29 is 0 Å². The second-order valence-electron chi connectivity index (χ2n) is 4.21. The number of nitrogens with one attached hydrogen (secondary N) is 1. The number of nitrogens with zero attached hydrogens (tertiary/aromatic N) is 1. The highest BCUT2D eigenvalue weighted by Crippen LogP contribution is 2.17. The second-order valence-corrected chi connectivity index (χ2v) is 5.02. The van der Waals surface area contributed by atoms with Crippen LogP contribution in [0.15, 0.2) is 47.1 Å². The maximum absolute atomic E-state index is 4.42. The number of benzene rings is 1. The van der Waals surface area contributed by atoms with Crippen LogP contribution in [0.3, 0.4) is 0 Å². The summed E-state index contributed by atoms with van der Waals surface area (Å²) in [6.45, 7) is 2.95. The molecule has 0 aliphatic rings. The molecule has 0 saturated heterocycles. The number of halogens is 1. The second kappa shape index (κ2) is 6.55. The van der Waals surface area contributed by atoms with Crippen molar-refractivity contribution in [1.29, 1.82) is 0 Å². The van der Waals surface area contributed by atoms with Gasteiger partial charge in [0.1, 0.15) is 4.60 Å². The molecule has 0 aliphatic heterocycles. The lowest BCUT2D eigenvalue weighted by molar-refractivity contribution is 0.917. The number of aromatic nitrogens is 1. The minimum Gasteiger partial charge on any atom is -0.379 e. The van der Waals surface area contributed by atoms with Crippen LogP contribution in [0.5, 0.6) is 0 Å². The normalized spacial score (nSPS) is 10.3. The summed E-state index contributed by atoms with van der Waals surface area (Å²) < 4.78 is 0.878. The zero-order chi connectivity index (χ0) is 12.8. The van der Waals surface area contributed by atoms with E-state index in [1.54, 1.807) is 0 Å². The molecule has 0 unspecified atom stereocenters. The predicted molar refractivity (Wildman–Crippen MR) is 79.7 cm³/mol. The first-order valence-electron chi connectivity index (χ1n) is 6.23. The number of para-hydroxylation sites is 1. The zero-order valence-corrected chi connectivity index (χ0v) is 12.1. The van der Waals surface area contributed by atoms with Crippen molar-refractivity contribution in [2.75, 3.05) is 5.32 Å². The van der Waals surface area contributed by atoms with Gasteiger partial charge in [0.25, 0.3) is 0 Å². The highest BCUT2D eigenvalue weighted by Gasteiger charge is 2.01. The van der Waals surface area contributed by atoms with E-state index in [0.29, 0.717) is 0 Å². The Hall–Kier alpha value is -1.35. The fraction of sp³-hybridized carbons (Fsp3) is 0.267. The van der Waals surface area contributed by atoms with Gasteiger partial charge in [0.15, 0.2) is 0 Å². The molecule has 1 aromatic heterocycles. The van der Waals surface area contributed by atoms with E-state index in [9.17, 15) is 0 Å². The van der Waals surface area contributed by atoms with Gasteiger partial charge >= 0.3 is 0 Å². The number of pyridine rings is 1. The molecule has 18 heavy (non-hydrogen) atoms. The van der Waals surface area contributed by atoms with E-state index in [1.807, 2.05) is 18.2 Å². The number of hydrogen-bond acceptors (Lipinski definition) is 2. The fourth-order valence-electron chi connectivity index (χ4n) is 1.91. The number of rotatable bonds is 5. The SMILES string of the molecule is CCCc1ccccc1NCc1cccc(Br)n1. The van der Waals surface area contributed by atoms with Crippen molar-refractivity contribution in [3.05, 3.63) is 58.3 Å². The molecule has 1 N–H and O–H groups in total. The van der Waals surface area contributed by atoms with Crippen molar-refractivity contribution in [2.24, 2.45) is 0 Å². The number of aryl methyl sites for hydroxylation is 1. The van der Waals surface area contributed by atoms with Crippen molar-refractivity contribution in [2.45, 2.75) is 26.3 Å². The van der Waals surface area contributed by atoms with Crippen molar-refractivity contribution >= 4 is 21.6 Å². The first kappa shape index (κ1) is 13.1. The average molecular weight is 305 g/mol. The Labute approximate surface area is 117 Å². The largest absolute Gasteiger partial charge is 0.379 e. The third kappa shape index (κ3) is 3.57. The van der Waals surface area contributed by atoms with Crippen molar-refractivity contribution in [1.82, 2.24) is 4.98 Å². The summed E-state index contributed by atoms with van der Waals surface area (Å²) >= 11 is 3.39. The molecule has 0 saturated carbocycles. The third-order valence-corrected chi connectivity index (χ3v) is 3.21. The zero-order valence-electron chi connectivity index (χ0n) is 10.5. The molecule has 2 aromatic rings. The summed E-state index contributed by atoms with van der Waals surface area (Å²) in [5.41, 5.74) is 3.62. The molecule has 1 heterocycles. The lowest BCUT2D eigenvalue weighted by Gasteiger charge is -2.11. The maximum Gasteiger partial charge on any atom is 0.106 e.